The molecule has 92 valence electrons. The first-order valence-corrected chi connectivity index (χ1v) is 5.69. The van der Waals surface area contributed by atoms with E-state index in [0.29, 0.717) is 10.8 Å². The summed E-state index contributed by atoms with van der Waals surface area (Å²) in [6.45, 7) is 0. The van der Waals surface area contributed by atoms with Crippen molar-refractivity contribution in [2.24, 2.45) is 0 Å². The number of hydrogen-bond donors (Lipinski definition) is 0. The summed E-state index contributed by atoms with van der Waals surface area (Å²) in [6.07, 6.45) is 1.14. The Hall–Kier alpha value is -1.20. The lowest BCUT2D eigenvalue weighted by Gasteiger charge is -2.09. The van der Waals surface area contributed by atoms with Gasteiger partial charge in [-0.3, -0.25) is 0 Å². The lowest BCUT2D eigenvalue weighted by atomic mass is 10.3. The highest BCUT2D eigenvalue weighted by Gasteiger charge is 2.15. The Morgan fingerprint density at radius 2 is 2.12 bits per heavy atom. The Balaban J connectivity index is 2.97. The zero-order valence-corrected chi connectivity index (χ0v) is 11.5. The predicted molar refractivity (Wildman–Crippen MR) is 66.9 cm³/mol. The third kappa shape index (κ3) is 3.94. The molecule has 0 radical (unpaired) electrons. The topological polar surface area (TPSA) is 44.8 Å². The zero-order chi connectivity index (χ0) is 12.8. The van der Waals surface area contributed by atoms with Crippen LogP contribution in [0.4, 0.5) is 0 Å². The second-order valence-electron chi connectivity index (χ2n) is 2.89. The van der Waals surface area contributed by atoms with E-state index in [2.05, 4.69) is 20.7 Å². The number of hydrogen-bond acceptors (Lipinski definition) is 4. The fourth-order valence-corrected chi connectivity index (χ4v) is 1.49. The first kappa shape index (κ1) is 13.9. The van der Waals surface area contributed by atoms with E-state index < -0.39 is 5.97 Å². The SMILES string of the molecule is COC=C(Oc1cc(Br)ccc1Cl)C(=O)OC. The largest absolute Gasteiger partial charge is 0.500 e. The Kier molecular flexibility index (Phi) is 5.31. The Bertz CT molecular complexity index is 445. The van der Waals surface area contributed by atoms with Crippen molar-refractivity contribution in [1.29, 1.82) is 0 Å². The molecule has 0 atom stereocenters. The number of carbonyl (C=O) groups excluding carboxylic acids is 1. The van der Waals surface area contributed by atoms with E-state index in [1.54, 1.807) is 18.2 Å². The molecule has 1 aromatic rings. The van der Waals surface area contributed by atoms with Crippen molar-refractivity contribution < 1.29 is 19.0 Å². The van der Waals surface area contributed by atoms with Gasteiger partial charge in [-0.05, 0) is 18.2 Å². The number of ether oxygens (including phenoxy) is 3. The summed E-state index contributed by atoms with van der Waals surface area (Å²) in [6, 6.07) is 5.03. The molecule has 0 aliphatic rings. The van der Waals surface area contributed by atoms with Crippen LogP contribution in [-0.4, -0.2) is 20.2 Å². The van der Waals surface area contributed by atoms with Gasteiger partial charge in [0.05, 0.1) is 19.2 Å². The van der Waals surface area contributed by atoms with Crippen LogP contribution in [-0.2, 0) is 14.3 Å². The fourth-order valence-electron chi connectivity index (χ4n) is 0.995. The molecule has 6 heteroatoms. The van der Waals surface area contributed by atoms with Gasteiger partial charge in [-0.15, -0.1) is 0 Å². The summed E-state index contributed by atoms with van der Waals surface area (Å²) in [5.74, 6) is -0.410. The van der Waals surface area contributed by atoms with Crippen LogP contribution in [0.1, 0.15) is 0 Å². The molecule has 17 heavy (non-hydrogen) atoms. The molecule has 0 heterocycles. The van der Waals surface area contributed by atoms with E-state index in [4.69, 9.17) is 21.1 Å². The molecular weight excluding hydrogens is 311 g/mol. The van der Waals surface area contributed by atoms with Gasteiger partial charge in [-0.2, -0.15) is 0 Å². The van der Waals surface area contributed by atoms with Gasteiger partial charge in [0.2, 0.25) is 5.76 Å². The lowest BCUT2D eigenvalue weighted by Crippen LogP contribution is -2.11. The minimum atomic E-state index is -0.650. The van der Waals surface area contributed by atoms with Crippen LogP contribution in [0.3, 0.4) is 0 Å². The zero-order valence-electron chi connectivity index (χ0n) is 9.20. The number of benzene rings is 1. The fraction of sp³-hybridized carbons (Fsp3) is 0.182. The van der Waals surface area contributed by atoms with Crippen LogP contribution >= 0.6 is 27.5 Å². The van der Waals surface area contributed by atoms with Gasteiger partial charge in [0.1, 0.15) is 12.0 Å². The number of esters is 1. The van der Waals surface area contributed by atoms with Crippen LogP contribution in [0, 0.1) is 0 Å². The van der Waals surface area contributed by atoms with Crippen molar-refractivity contribution >= 4 is 33.5 Å². The van der Waals surface area contributed by atoms with Crippen molar-refractivity contribution in [2.45, 2.75) is 0 Å². The minimum absolute atomic E-state index is 0.0880. The second kappa shape index (κ2) is 6.51. The van der Waals surface area contributed by atoms with Crippen LogP contribution in [0.2, 0.25) is 5.02 Å². The number of halogens is 2. The predicted octanol–water partition coefficient (Wildman–Crippen LogP) is 3.14. The van der Waals surface area contributed by atoms with Gasteiger partial charge in [0.25, 0.3) is 0 Å². The highest BCUT2D eigenvalue weighted by molar-refractivity contribution is 9.10. The van der Waals surface area contributed by atoms with Gasteiger partial charge in [0, 0.05) is 4.47 Å². The van der Waals surface area contributed by atoms with Gasteiger partial charge < -0.3 is 14.2 Å². The van der Waals surface area contributed by atoms with E-state index in [9.17, 15) is 4.79 Å². The second-order valence-corrected chi connectivity index (χ2v) is 4.21. The average Bonchev–Trinajstić information content (AvgIpc) is 2.32. The standard InChI is InChI=1S/C11H10BrClO4/c1-15-6-10(11(14)16-2)17-9-5-7(12)3-4-8(9)13/h3-6H,1-2H3. The highest BCUT2D eigenvalue weighted by atomic mass is 79.9. The van der Waals surface area contributed by atoms with Gasteiger partial charge in [-0.25, -0.2) is 4.79 Å². The molecule has 0 aliphatic heterocycles. The van der Waals surface area contributed by atoms with E-state index in [1.165, 1.54) is 14.2 Å². The maximum Gasteiger partial charge on any atom is 0.377 e. The Morgan fingerprint density at radius 1 is 1.41 bits per heavy atom. The van der Waals surface area contributed by atoms with E-state index in [1.807, 2.05) is 0 Å². The third-order valence-electron chi connectivity index (χ3n) is 1.72. The molecule has 0 fully saturated rings. The first-order valence-electron chi connectivity index (χ1n) is 4.52. The maximum absolute atomic E-state index is 11.4. The van der Waals surface area contributed by atoms with E-state index in [-0.39, 0.29) is 5.76 Å². The van der Waals surface area contributed by atoms with Crippen molar-refractivity contribution in [1.82, 2.24) is 0 Å². The summed E-state index contributed by atoms with van der Waals surface area (Å²) in [7, 11) is 2.65. The van der Waals surface area contributed by atoms with Gasteiger partial charge in [0.15, 0.2) is 0 Å². The molecular formula is C11H10BrClO4. The van der Waals surface area contributed by atoms with Crippen LogP contribution in [0.5, 0.6) is 5.75 Å². The molecule has 0 bridgehead atoms. The van der Waals surface area contributed by atoms with Crippen LogP contribution in [0.15, 0.2) is 34.7 Å². The van der Waals surface area contributed by atoms with Gasteiger partial charge >= 0.3 is 5.97 Å². The van der Waals surface area contributed by atoms with Gasteiger partial charge in [-0.1, -0.05) is 27.5 Å². The lowest BCUT2D eigenvalue weighted by molar-refractivity contribution is -0.138. The normalized spacial score (nSPS) is 10.9. The highest BCUT2D eigenvalue weighted by Crippen LogP contribution is 2.29. The Labute approximate surface area is 112 Å². The molecule has 0 aliphatic carbocycles. The summed E-state index contributed by atoms with van der Waals surface area (Å²) in [5, 5.41) is 0.374. The average molecular weight is 322 g/mol. The smallest absolute Gasteiger partial charge is 0.377 e. The van der Waals surface area contributed by atoms with Crippen molar-refractivity contribution in [2.75, 3.05) is 14.2 Å². The quantitative estimate of drug-likeness (QED) is 0.485. The van der Waals surface area contributed by atoms with E-state index >= 15 is 0 Å². The molecule has 1 aromatic carbocycles. The van der Waals surface area contributed by atoms with Crippen molar-refractivity contribution in [3.63, 3.8) is 0 Å². The molecule has 0 saturated heterocycles. The first-order chi connectivity index (χ1) is 8.08. The summed E-state index contributed by atoms with van der Waals surface area (Å²) >= 11 is 9.20. The minimum Gasteiger partial charge on any atom is -0.500 e. The molecule has 4 nitrogen and oxygen atoms in total. The maximum atomic E-state index is 11.4. The third-order valence-corrected chi connectivity index (χ3v) is 2.53. The van der Waals surface area contributed by atoms with Crippen molar-refractivity contribution in [3.05, 3.63) is 39.7 Å². The van der Waals surface area contributed by atoms with E-state index in [0.717, 1.165) is 10.7 Å². The summed E-state index contributed by atoms with van der Waals surface area (Å²) in [5.41, 5.74) is 0. The molecule has 0 saturated carbocycles. The Morgan fingerprint density at radius 3 is 2.71 bits per heavy atom. The number of methoxy groups -OCH3 is 2. The molecule has 0 spiro atoms. The molecule has 0 N–H and O–H groups in total. The molecule has 0 unspecified atom stereocenters. The molecule has 1 rings (SSSR count). The molecule has 0 aromatic heterocycles. The van der Waals surface area contributed by atoms with Crippen LogP contribution < -0.4 is 4.74 Å². The summed E-state index contributed by atoms with van der Waals surface area (Å²) < 4.78 is 15.4. The molecule has 0 amide bonds. The number of rotatable bonds is 4. The van der Waals surface area contributed by atoms with Crippen LogP contribution in [0.25, 0.3) is 0 Å². The van der Waals surface area contributed by atoms with Crippen molar-refractivity contribution in [3.8, 4) is 5.75 Å². The number of carbonyl (C=O) groups is 1. The summed E-state index contributed by atoms with van der Waals surface area (Å²) in [4.78, 5) is 11.4. The monoisotopic (exact) mass is 320 g/mol.